The summed E-state index contributed by atoms with van der Waals surface area (Å²) in [5.74, 6) is -0.242. The monoisotopic (exact) mass is 396 g/mol. The van der Waals surface area contributed by atoms with Gasteiger partial charge in [0.15, 0.2) is 0 Å². The van der Waals surface area contributed by atoms with Crippen LogP contribution in [0.5, 0.6) is 0 Å². The van der Waals surface area contributed by atoms with Crippen molar-refractivity contribution in [3.63, 3.8) is 0 Å². The van der Waals surface area contributed by atoms with Gasteiger partial charge >= 0.3 is 0 Å². The van der Waals surface area contributed by atoms with Gasteiger partial charge in [-0.05, 0) is 30.3 Å². The maximum absolute atomic E-state index is 12.2. The summed E-state index contributed by atoms with van der Waals surface area (Å²) in [4.78, 5) is 24.4. The lowest BCUT2D eigenvalue weighted by atomic mass is 10.2. The second-order valence-corrected chi connectivity index (χ2v) is 6.39. The highest BCUT2D eigenvalue weighted by atomic mass is 35.5. The van der Waals surface area contributed by atoms with E-state index in [1.54, 1.807) is 18.2 Å². The lowest BCUT2D eigenvalue weighted by molar-refractivity contribution is 0.102. The van der Waals surface area contributed by atoms with Crippen molar-refractivity contribution < 1.29 is 4.79 Å². The number of aromatic nitrogens is 2. The Labute approximate surface area is 157 Å². The van der Waals surface area contributed by atoms with Gasteiger partial charge in [0.2, 0.25) is 0 Å². The zero-order valence-electron chi connectivity index (χ0n) is 12.5. The van der Waals surface area contributed by atoms with E-state index in [4.69, 9.17) is 40.5 Å². The number of halogens is 3. The van der Waals surface area contributed by atoms with E-state index in [0.29, 0.717) is 16.3 Å². The Morgan fingerprint density at radius 3 is 2.40 bits per heavy atom. The fourth-order valence-electron chi connectivity index (χ4n) is 2.25. The molecule has 1 amide bonds. The molecule has 0 saturated carbocycles. The molecular weight excluding hydrogens is 387 g/mol. The molecule has 6 nitrogen and oxygen atoms in total. The van der Waals surface area contributed by atoms with Crippen LogP contribution in [0, 0.1) is 0 Å². The summed E-state index contributed by atoms with van der Waals surface area (Å²) in [6.07, 6.45) is 0. The van der Waals surface area contributed by atoms with Crippen molar-refractivity contribution in [2.45, 2.75) is 0 Å². The van der Waals surface area contributed by atoms with Crippen molar-refractivity contribution in [1.82, 2.24) is 9.78 Å². The van der Waals surface area contributed by atoms with Crippen molar-refractivity contribution >= 4 is 52.2 Å². The van der Waals surface area contributed by atoms with Gasteiger partial charge in [-0.2, -0.15) is 0 Å². The average molecular weight is 398 g/mol. The first-order chi connectivity index (χ1) is 11.8. The lowest BCUT2D eigenvalue weighted by Gasteiger charge is -2.08. The zero-order chi connectivity index (χ0) is 18.1. The number of benzene rings is 2. The van der Waals surface area contributed by atoms with E-state index < -0.39 is 11.5 Å². The third-order valence-electron chi connectivity index (χ3n) is 3.32. The van der Waals surface area contributed by atoms with E-state index in [0.717, 1.165) is 4.68 Å². The van der Waals surface area contributed by atoms with Crippen molar-refractivity contribution in [2.75, 3.05) is 11.1 Å². The summed E-state index contributed by atoms with van der Waals surface area (Å²) < 4.78 is 1.12. The fraction of sp³-hybridized carbons (Fsp3) is 0. The van der Waals surface area contributed by atoms with Crippen LogP contribution in [0.1, 0.15) is 10.4 Å². The first-order valence-corrected chi connectivity index (χ1v) is 8.12. The summed E-state index contributed by atoms with van der Waals surface area (Å²) in [5.41, 5.74) is 6.26. The number of nitrogens with one attached hydrogen (secondary N) is 2. The van der Waals surface area contributed by atoms with Crippen LogP contribution >= 0.6 is 34.8 Å². The van der Waals surface area contributed by atoms with Gasteiger partial charge in [0, 0.05) is 22.3 Å². The molecule has 0 aliphatic rings. The molecule has 4 N–H and O–H groups in total. The SMILES string of the molecule is Nc1cccc(C(=O)Nc2cc(=O)n(-c3c(Cl)cc(Cl)cc3Cl)[nH]2)c1. The molecule has 0 radical (unpaired) electrons. The van der Waals surface area contributed by atoms with Gasteiger partial charge in [-0.1, -0.05) is 40.9 Å². The maximum atomic E-state index is 12.2. The number of anilines is 2. The molecule has 3 aromatic rings. The Morgan fingerprint density at radius 2 is 1.76 bits per heavy atom. The normalized spacial score (nSPS) is 10.7. The number of rotatable bonds is 3. The Kier molecular flexibility index (Phi) is 4.76. The van der Waals surface area contributed by atoms with E-state index in [9.17, 15) is 9.59 Å². The van der Waals surface area contributed by atoms with E-state index in [2.05, 4.69) is 10.4 Å². The number of hydrogen-bond acceptors (Lipinski definition) is 3. The minimum atomic E-state index is -0.450. The third-order valence-corrected chi connectivity index (χ3v) is 4.12. The van der Waals surface area contributed by atoms with E-state index in [1.807, 2.05) is 0 Å². The van der Waals surface area contributed by atoms with Crippen LogP contribution < -0.4 is 16.6 Å². The zero-order valence-corrected chi connectivity index (χ0v) is 14.8. The number of aromatic amines is 1. The molecule has 1 aromatic heterocycles. The van der Waals surface area contributed by atoms with Gasteiger partial charge in [0.1, 0.15) is 11.5 Å². The van der Waals surface area contributed by atoms with E-state index >= 15 is 0 Å². The van der Waals surface area contributed by atoms with E-state index in [-0.39, 0.29) is 21.6 Å². The van der Waals surface area contributed by atoms with Gasteiger partial charge in [0.25, 0.3) is 11.5 Å². The number of H-pyrrole nitrogens is 1. The Hall–Kier alpha value is -2.41. The first kappa shape index (κ1) is 17.4. The van der Waals surface area contributed by atoms with Crippen LogP contribution in [0.4, 0.5) is 11.5 Å². The molecule has 0 bridgehead atoms. The Morgan fingerprint density at radius 1 is 1.08 bits per heavy atom. The van der Waals surface area contributed by atoms with Crippen LogP contribution in [-0.2, 0) is 0 Å². The third kappa shape index (κ3) is 3.66. The van der Waals surface area contributed by atoms with Crippen molar-refractivity contribution in [3.8, 4) is 5.69 Å². The maximum Gasteiger partial charge on any atom is 0.273 e. The molecule has 0 atom stereocenters. The molecule has 128 valence electrons. The minimum Gasteiger partial charge on any atom is -0.399 e. The van der Waals surface area contributed by atoms with Crippen LogP contribution in [0.15, 0.2) is 47.3 Å². The molecule has 0 spiro atoms. The number of nitrogens with two attached hydrogens (primary N) is 1. The van der Waals surface area contributed by atoms with Gasteiger partial charge < -0.3 is 11.1 Å². The highest BCUT2D eigenvalue weighted by Gasteiger charge is 2.15. The Balaban J connectivity index is 1.94. The minimum absolute atomic E-state index is 0.180. The highest BCUT2D eigenvalue weighted by molar-refractivity contribution is 6.40. The Bertz CT molecular complexity index is 1000. The second-order valence-electron chi connectivity index (χ2n) is 5.14. The topological polar surface area (TPSA) is 92.9 Å². The fourth-order valence-corrected chi connectivity index (χ4v) is 3.23. The number of amides is 1. The largest absolute Gasteiger partial charge is 0.399 e. The lowest BCUT2D eigenvalue weighted by Crippen LogP contribution is -2.15. The van der Waals surface area contributed by atoms with Crippen LogP contribution in [0.25, 0.3) is 5.69 Å². The molecule has 0 saturated heterocycles. The molecule has 2 aromatic carbocycles. The molecule has 0 fully saturated rings. The highest BCUT2D eigenvalue weighted by Crippen LogP contribution is 2.31. The summed E-state index contributed by atoms with van der Waals surface area (Å²) in [7, 11) is 0. The summed E-state index contributed by atoms with van der Waals surface area (Å²) in [6.45, 7) is 0. The van der Waals surface area contributed by atoms with Crippen LogP contribution in [0.3, 0.4) is 0 Å². The summed E-state index contributed by atoms with van der Waals surface area (Å²) in [6, 6.07) is 10.6. The molecule has 9 heteroatoms. The van der Waals surface area contributed by atoms with Crippen molar-refractivity contribution in [1.29, 1.82) is 0 Å². The number of carbonyl (C=O) groups is 1. The van der Waals surface area contributed by atoms with Gasteiger partial charge in [0.05, 0.1) is 10.0 Å². The second kappa shape index (κ2) is 6.84. The molecule has 25 heavy (non-hydrogen) atoms. The summed E-state index contributed by atoms with van der Waals surface area (Å²) >= 11 is 18.1. The van der Waals surface area contributed by atoms with Crippen LogP contribution in [-0.4, -0.2) is 15.7 Å². The van der Waals surface area contributed by atoms with Gasteiger partial charge in [-0.25, -0.2) is 4.68 Å². The molecule has 0 aliphatic carbocycles. The molecular formula is C16H11Cl3N4O2. The summed E-state index contributed by atoms with van der Waals surface area (Å²) in [5, 5.41) is 6.05. The smallest absolute Gasteiger partial charge is 0.273 e. The molecule has 1 heterocycles. The standard InChI is InChI=1S/C16H11Cl3N4O2/c17-9-5-11(18)15(12(19)6-9)23-14(24)7-13(22-23)21-16(25)8-2-1-3-10(20)4-8/h1-7,22H,20H2,(H,21,25). The van der Waals surface area contributed by atoms with Gasteiger partial charge in [-0.3, -0.25) is 14.7 Å². The first-order valence-electron chi connectivity index (χ1n) is 6.99. The predicted molar refractivity (Wildman–Crippen MR) is 100 cm³/mol. The van der Waals surface area contributed by atoms with E-state index in [1.165, 1.54) is 24.3 Å². The quantitative estimate of drug-likeness (QED) is 0.584. The molecule has 3 rings (SSSR count). The number of carbonyl (C=O) groups excluding carboxylic acids is 1. The average Bonchev–Trinajstić information content (AvgIpc) is 2.86. The van der Waals surface area contributed by atoms with Crippen molar-refractivity contribution in [2.24, 2.45) is 0 Å². The molecule has 0 unspecified atom stereocenters. The van der Waals surface area contributed by atoms with Crippen molar-refractivity contribution in [3.05, 3.63) is 73.4 Å². The predicted octanol–water partition coefficient (Wildman–Crippen LogP) is 3.96. The van der Waals surface area contributed by atoms with Crippen LogP contribution in [0.2, 0.25) is 15.1 Å². The number of nitrogen functional groups attached to an aromatic ring is 1. The number of nitrogens with zero attached hydrogens (tertiary/aromatic N) is 1. The van der Waals surface area contributed by atoms with Gasteiger partial charge in [-0.15, -0.1) is 0 Å². The molecule has 0 aliphatic heterocycles. The number of hydrogen-bond donors (Lipinski definition) is 3.